The molecule has 5 rings (SSSR count). The molecule has 0 aliphatic carbocycles. The number of phenols is 1. The Bertz CT molecular complexity index is 1490. The lowest BCUT2D eigenvalue weighted by Crippen LogP contribution is -2.26. The van der Waals surface area contributed by atoms with Gasteiger partial charge >= 0.3 is 0 Å². The molecule has 0 bridgehead atoms. The van der Waals surface area contributed by atoms with Crippen LogP contribution in [0.15, 0.2) is 71.5 Å². The number of hydrogen-bond donors (Lipinski definition) is 2. The second-order valence-electron chi connectivity index (χ2n) is 8.17. The smallest absolute Gasteiger partial charge is 0.261 e. The number of aromatic hydroxyl groups is 1. The van der Waals surface area contributed by atoms with Gasteiger partial charge in [0.15, 0.2) is 0 Å². The van der Waals surface area contributed by atoms with Gasteiger partial charge in [0.05, 0.1) is 11.9 Å². The topological polar surface area (TPSA) is 110 Å². The highest BCUT2D eigenvalue weighted by atomic mass is 16.3. The van der Waals surface area contributed by atoms with Crippen molar-refractivity contribution in [2.45, 2.75) is 32.7 Å². The van der Waals surface area contributed by atoms with Crippen molar-refractivity contribution in [1.29, 1.82) is 0 Å². The van der Waals surface area contributed by atoms with Crippen molar-refractivity contribution < 1.29 is 5.11 Å². The summed E-state index contributed by atoms with van der Waals surface area (Å²) < 4.78 is 1.72. The van der Waals surface area contributed by atoms with Crippen LogP contribution >= 0.6 is 0 Å². The van der Waals surface area contributed by atoms with Crippen molar-refractivity contribution in [2.75, 3.05) is 0 Å². The molecule has 34 heavy (non-hydrogen) atoms. The summed E-state index contributed by atoms with van der Waals surface area (Å²) >= 11 is 0. The van der Waals surface area contributed by atoms with Gasteiger partial charge in [-0.25, -0.2) is 4.98 Å². The number of nitrogens with zero attached hydrogens (tertiary/aromatic N) is 5. The van der Waals surface area contributed by atoms with Gasteiger partial charge in [0.2, 0.25) is 5.82 Å². The Morgan fingerprint density at radius 2 is 1.76 bits per heavy atom. The standard InChI is InChI=1S/C26H24N6O2/c1-2-3-11-23-27-24-21(9-6-10-22(24)33)26(34)32(23)16-17-12-14-18(15-13-17)19-7-4-5-8-20(19)25-28-30-31-29-25/h4-10,12-15,33H,2-3,11,16H2,1H3,(H,28,29,30,31). The molecule has 8 heteroatoms. The molecule has 0 spiro atoms. The van der Waals surface area contributed by atoms with E-state index in [9.17, 15) is 9.90 Å². The number of aromatic nitrogens is 6. The first-order valence-electron chi connectivity index (χ1n) is 11.3. The summed E-state index contributed by atoms with van der Waals surface area (Å²) in [4.78, 5) is 18.0. The van der Waals surface area contributed by atoms with E-state index in [4.69, 9.17) is 0 Å². The molecule has 170 valence electrons. The molecule has 0 unspecified atom stereocenters. The summed E-state index contributed by atoms with van der Waals surface area (Å²) in [5, 5.41) is 25.0. The van der Waals surface area contributed by atoms with Crippen LogP contribution < -0.4 is 5.56 Å². The molecule has 8 nitrogen and oxygen atoms in total. The molecule has 2 aromatic heterocycles. The third-order valence-corrected chi connectivity index (χ3v) is 5.92. The summed E-state index contributed by atoms with van der Waals surface area (Å²) in [6.07, 6.45) is 2.58. The second-order valence-corrected chi connectivity index (χ2v) is 8.17. The lowest BCUT2D eigenvalue weighted by atomic mass is 9.98. The summed E-state index contributed by atoms with van der Waals surface area (Å²) in [6, 6.07) is 21.0. The number of rotatable bonds is 7. The Hall–Kier alpha value is -4.33. The van der Waals surface area contributed by atoms with Crippen molar-refractivity contribution in [3.05, 3.63) is 88.5 Å². The van der Waals surface area contributed by atoms with Crippen molar-refractivity contribution in [3.63, 3.8) is 0 Å². The number of fused-ring (bicyclic) bond motifs is 1. The van der Waals surface area contributed by atoms with E-state index >= 15 is 0 Å². The largest absolute Gasteiger partial charge is 0.506 e. The highest BCUT2D eigenvalue weighted by molar-refractivity contribution is 5.83. The van der Waals surface area contributed by atoms with Crippen LogP contribution in [0.4, 0.5) is 0 Å². The van der Waals surface area contributed by atoms with Gasteiger partial charge in [-0.05, 0) is 40.5 Å². The predicted octanol–water partition coefficient (Wildman–Crippen LogP) is 4.34. The predicted molar refractivity (Wildman–Crippen MR) is 130 cm³/mol. The molecule has 0 saturated carbocycles. The molecule has 5 aromatic rings. The lowest BCUT2D eigenvalue weighted by Gasteiger charge is -2.15. The number of hydrogen-bond acceptors (Lipinski definition) is 6. The van der Waals surface area contributed by atoms with E-state index in [1.807, 2.05) is 48.5 Å². The maximum atomic E-state index is 13.3. The third kappa shape index (κ3) is 4.05. The maximum Gasteiger partial charge on any atom is 0.261 e. The molecule has 3 aromatic carbocycles. The highest BCUT2D eigenvalue weighted by Gasteiger charge is 2.14. The Morgan fingerprint density at radius 3 is 2.50 bits per heavy atom. The van der Waals surface area contributed by atoms with Crippen LogP contribution in [0.1, 0.15) is 31.2 Å². The van der Waals surface area contributed by atoms with Crippen LogP contribution in [0.2, 0.25) is 0 Å². The van der Waals surface area contributed by atoms with Gasteiger partial charge < -0.3 is 5.11 Å². The van der Waals surface area contributed by atoms with E-state index in [0.717, 1.165) is 35.1 Å². The highest BCUT2D eigenvalue weighted by Crippen LogP contribution is 2.30. The minimum absolute atomic E-state index is 0.0316. The van der Waals surface area contributed by atoms with Crippen LogP contribution in [0.25, 0.3) is 33.4 Å². The van der Waals surface area contributed by atoms with E-state index < -0.39 is 0 Å². The third-order valence-electron chi connectivity index (χ3n) is 5.92. The average Bonchev–Trinajstić information content (AvgIpc) is 3.41. The Labute approximate surface area is 195 Å². The first kappa shape index (κ1) is 21.5. The van der Waals surface area contributed by atoms with E-state index in [2.05, 4.69) is 32.5 Å². The number of H-pyrrole nitrogens is 1. The molecule has 0 aliphatic heterocycles. The number of aryl methyl sites for hydroxylation is 1. The van der Waals surface area contributed by atoms with Gasteiger partial charge in [-0.1, -0.05) is 67.9 Å². The number of aromatic amines is 1. The van der Waals surface area contributed by atoms with Gasteiger partial charge in [-0.15, -0.1) is 10.2 Å². The second kappa shape index (κ2) is 9.27. The fourth-order valence-corrected chi connectivity index (χ4v) is 4.14. The zero-order valence-corrected chi connectivity index (χ0v) is 18.8. The molecule has 0 aliphatic rings. The zero-order chi connectivity index (χ0) is 23.5. The van der Waals surface area contributed by atoms with Crippen molar-refractivity contribution >= 4 is 10.9 Å². The Balaban J connectivity index is 1.51. The molecule has 2 N–H and O–H groups in total. The molecule has 0 fully saturated rings. The van der Waals surface area contributed by atoms with Crippen LogP contribution in [-0.4, -0.2) is 35.3 Å². The van der Waals surface area contributed by atoms with Crippen LogP contribution in [0, 0.1) is 0 Å². The minimum Gasteiger partial charge on any atom is -0.506 e. The lowest BCUT2D eigenvalue weighted by molar-refractivity contribution is 0.479. The SMILES string of the molecule is CCCCc1nc2c(O)cccc2c(=O)n1Cc1ccc(-c2ccccc2-c2nn[nH]n2)cc1. The van der Waals surface area contributed by atoms with Gasteiger partial charge in [0, 0.05) is 12.0 Å². The molecule has 2 heterocycles. The fraction of sp³-hybridized carbons (Fsp3) is 0.192. The monoisotopic (exact) mass is 452 g/mol. The molecular weight excluding hydrogens is 428 g/mol. The van der Waals surface area contributed by atoms with Gasteiger partial charge in [0.1, 0.15) is 17.1 Å². The van der Waals surface area contributed by atoms with Gasteiger partial charge in [-0.3, -0.25) is 9.36 Å². The molecule has 0 saturated heterocycles. The average molecular weight is 453 g/mol. The molecule has 0 radical (unpaired) electrons. The maximum absolute atomic E-state index is 13.3. The normalized spacial score (nSPS) is 11.2. The van der Waals surface area contributed by atoms with E-state index in [1.165, 1.54) is 0 Å². The first-order valence-corrected chi connectivity index (χ1v) is 11.3. The molecule has 0 atom stereocenters. The summed E-state index contributed by atoms with van der Waals surface area (Å²) in [5.41, 5.74) is 4.12. The van der Waals surface area contributed by atoms with Crippen LogP contribution in [-0.2, 0) is 13.0 Å². The number of para-hydroxylation sites is 1. The van der Waals surface area contributed by atoms with Crippen LogP contribution in [0.3, 0.4) is 0 Å². The van der Waals surface area contributed by atoms with E-state index in [-0.39, 0.29) is 11.3 Å². The summed E-state index contributed by atoms with van der Waals surface area (Å²) in [7, 11) is 0. The zero-order valence-electron chi connectivity index (χ0n) is 18.8. The summed E-state index contributed by atoms with van der Waals surface area (Å²) in [6.45, 7) is 2.51. The summed E-state index contributed by atoms with van der Waals surface area (Å²) in [5.74, 6) is 1.26. The van der Waals surface area contributed by atoms with E-state index in [1.54, 1.807) is 22.8 Å². The number of unbranched alkanes of at least 4 members (excludes halogenated alkanes) is 1. The van der Waals surface area contributed by atoms with Gasteiger partial charge in [-0.2, -0.15) is 5.21 Å². The Morgan fingerprint density at radius 1 is 0.971 bits per heavy atom. The van der Waals surface area contributed by atoms with Crippen molar-refractivity contribution in [1.82, 2.24) is 30.2 Å². The minimum atomic E-state index is -0.140. The van der Waals surface area contributed by atoms with E-state index in [0.29, 0.717) is 35.5 Å². The van der Waals surface area contributed by atoms with Gasteiger partial charge in [0.25, 0.3) is 5.56 Å². The molecule has 0 amide bonds. The first-order chi connectivity index (χ1) is 16.7. The Kier molecular flexibility index (Phi) is 5.86. The number of tetrazole rings is 1. The number of phenolic OH excluding ortho intramolecular Hbond substituents is 1. The fourth-order valence-electron chi connectivity index (χ4n) is 4.14. The number of nitrogens with one attached hydrogen (secondary N) is 1. The molecular formula is C26H24N6O2. The van der Waals surface area contributed by atoms with Crippen molar-refractivity contribution in [3.8, 4) is 28.3 Å². The quantitative estimate of drug-likeness (QED) is 0.380. The van der Waals surface area contributed by atoms with Crippen molar-refractivity contribution in [2.24, 2.45) is 0 Å². The number of benzene rings is 3. The van der Waals surface area contributed by atoms with Crippen LogP contribution in [0.5, 0.6) is 5.75 Å².